The van der Waals surface area contributed by atoms with Crippen molar-refractivity contribution in [3.8, 4) is 0 Å². The first-order chi connectivity index (χ1) is 12.3. The number of nitrogens with zero attached hydrogens (tertiary/aromatic N) is 1. The number of hydrogen-bond acceptors (Lipinski definition) is 2. The molecule has 0 aromatic heterocycles. The summed E-state index contributed by atoms with van der Waals surface area (Å²) in [6.45, 7) is 3.43. The number of aryl methyl sites for hydroxylation is 2. The van der Waals surface area contributed by atoms with Crippen LogP contribution in [0.5, 0.6) is 0 Å². The molecule has 2 aromatic carbocycles. The van der Waals surface area contributed by atoms with Crippen LogP contribution in [0.1, 0.15) is 41.5 Å². The predicted molar refractivity (Wildman–Crippen MR) is 102 cm³/mol. The van der Waals surface area contributed by atoms with E-state index in [0.717, 1.165) is 24.2 Å². The molecule has 0 bridgehead atoms. The van der Waals surface area contributed by atoms with Crippen LogP contribution in [-0.4, -0.2) is 23.9 Å². The molecule has 2 aliphatic rings. The Hall–Kier alpha value is -2.13. The van der Waals surface area contributed by atoms with E-state index in [4.69, 9.17) is 0 Å². The molecule has 2 aromatic rings. The van der Waals surface area contributed by atoms with Crippen LogP contribution in [-0.2, 0) is 30.6 Å². The molecule has 4 rings (SSSR count). The Morgan fingerprint density at radius 3 is 2.40 bits per heavy atom. The van der Waals surface area contributed by atoms with Gasteiger partial charge in [0, 0.05) is 12.2 Å². The lowest BCUT2D eigenvalue weighted by Gasteiger charge is -2.14. The van der Waals surface area contributed by atoms with Crippen LogP contribution in [0.25, 0.3) is 0 Å². The van der Waals surface area contributed by atoms with E-state index in [1.54, 1.807) is 0 Å². The highest BCUT2D eigenvalue weighted by Crippen LogP contribution is 2.23. The highest BCUT2D eigenvalue weighted by molar-refractivity contribution is 5.92. The number of nitrogens with one attached hydrogen (secondary N) is 1. The lowest BCUT2D eigenvalue weighted by atomic mass is 10.0. The maximum absolute atomic E-state index is 12.3. The van der Waals surface area contributed by atoms with E-state index in [-0.39, 0.29) is 5.91 Å². The van der Waals surface area contributed by atoms with Crippen molar-refractivity contribution >= 4 is 11.6 Å². The first-order valence-corrected chi connectivity index (χ1v) is 9.48. The van der Waals surface area contributed by atoms with Crippen molar-refractivity contribution in [3.63, 3.8) is 0 Å². The van der Waals surface area contributed by atoms with Gasteiger partial charge >= 0.3 is 0 Å². The van der Waals surface area contributed by atoms with Gasteiger partial charge in [-0.3, -0.25) is 9.69 Å². The van der Waals surface area contributed by atoms with Crippen molar-refractivity contribution in [2.45, 2.75) is 45.1 Å². The maximum Gasteiger partial charge on any atom is 0.228 e. The Bertz CT molecular complexity index is 745. The molecule has 1 fully saturated rings. The van der Waals surface area contributed by atoms with E-state index in [1.807, 2.05) is 12.1 Å². The van der Waals surface area contributed by atoms with Crippen molar-refractivity contribution in [1.82, 2.24) is 4.90 Å². The van der Waals surface area contributed by atoms with Crippen LogP contribution in [0.3, 0.4) is 0 Å². The topological polar surface area (TPSA) is 32.3 Å². The van der Waals surface area contributed by atoms with Gasteiger partial charge in [-0.05, 0) is 79.6 Å². The molecule has 0 saturated carbocycles. The van der Waals surface area contributed by atoms with Crippen molar-refractivity contribution in [3.05, 3.63) is 64.7 Å². The van der Waals surface area contributed by atoms with Crippen molar-refractivity contribution in [2.24, 2.45) is 0 Å². The number of amides is 1. The zero-order chi connectivity index (χ0) is 17.1. The van der Waals surface area contributed by atoms with E-state index in [2.05, 4.69) is 40.5 Å². The molecular formula is C22H26N2O. The third-order valence-corrected chi connectivity index (χ3v) is 5.37. The number of fused-ring (bicyclic) bond motifs is 1. The molecule has 1 saturated heterocycles. The summed E-state index contributed by atoms with van der Waals surface area (Å²) in [4.78, 5) is 14.8. The Kier molecular flexibility index (Phi) is 4.84. The minimum Gasteiger partial charge on any atom is -0.326 e. The second kappa shape index (κ2) is 7.40. The molecule has 0 spiro atoms. The highest BCUT2D eigenvalue weighted by Gasteiger charge is 2.13. The van der Waals surface area contributed by atoms with Gasteiger partial charge in [-0.25, -0.2) is 0 Å². The first-order valence-electron chi connectivity index (χ1n) is 9.48. The molecule has 1 N–H and O–H groups in total. The largest absolute Gasteiger partial charge is 0.326 e. The van der Waals surface area contributed by atoms with E-state index in [9.17, 15) is 4.79 Å². The molecule has 25 heavy (non-hydrogen) atoms. The molecule has 0 atom stereocenters. The van der Waals surface area contributed by atoms with Gasteiger partial charge in [-0.2, -0.15) is 0 Å². The molecule has 1 amide bonds. The van der Waals surface area contributed by atoms with Gasteiger partial charge in [0.15, 0.2) is 0 Å². The molecule has 1 heterocycles. The van der Waals surface area contributed by atoms with Crippen LogP contribution in [0.4, 0.5) is 5.69 Å². The number of carbonyl (C=O) groups excluding carboxylic acids is 1. The quantitative estimate of drug-likeness (QED) is 0.898. The van der Waals surface area contributed by atoms with Crippen molar-refractivity contribution in [1.29, 1.82) is 0 Å². The number of rotatable bonds is 5. The van der Waals surface area contributed by atoms with Gasteiger partial charge < -0.3 is 5.32 Å². The van der Waals surface area contributed by atoms with Gasteiger partial charge in [-0.15, -0.1) is 0 Å². The Labute approximate surface area is 150 Å². The molecule has 1 aliphatic carbocycles. The average molecular weight is 334 g/mol. The number of likely N-dealkylation sites (tertiary alicyclic amines) is 1. The lowest BCUT2D eigenvalue weighted by molar-refractivity contribution is -0.115. The summed E-state index contributed by atoms with van der Waals surface area (Å²) < 4.78 is 0. The number of benzene rings is 2. The average Bonchev–Trinajstić information content (AvgIpc) is 3.27. The Balaban J connectivity index is 1.32. The second-order valence-electron chi connectivity index (χ2n) is 7.36. The van der Waals surface area contributed by atoms with Gasteiger partial charge in [0.25, 0.3) is 0 Å². The summed E-state index contributed by atoms with van der Waals surface area (Å²) in [5.74, 6) is 0.0604. The van der Waals surface area contributed by atoms with E-state index in [0.29, 0.717) is 6.42 Å². The molecule has 3 nitrogen and oxygen atoms in total. The normalized spacial score (nSPS) is 16.8. The Morgan fingerprint density at radius 1 is 0.880 bits per heavy atom. The third-order valence-electron chi connectivity index (χ3n) is 5.37. The van der Waals surface area contributed by atoms with Crippen molar-refractivity contribution < 1.29 is 4.79 Å². The fourth-order valence-electron chi connectivity index (χ4n) is 4.02. The second-order valence-corrected chi connectivity index (χ2v) is 7.36. The predicted octanol–water partition coefficient (Wildman–Crippen LogP) is 3.95. The molecule has 0 unspecified atom stereocenters. The summed E-state index contributed by atoms with van der Waals surface area (Å²) in [5, 5.41) is 3.03. The Morgan fingerprint density at radius 2 is 1.60 bits per heavy atom. The minimum atomic E-state index is 0.0604. The van der Waals surface area contributed by atoms with Gasteiger partial charge in [0.2, 0.25) is 5.91 Å². The standard InChI is InChI=1S/C22H26N2O/c25-22(15-18-6-9-19-4-3-5-20(19)14-18)23-21-10-7-17(8-11-21)16-24-12-1-2-13-24/h6-11,14H,1-5,12-13,15-16H2,(H,23,25). The molecule has 1 aliphatic heterocycles. The zero-order valence-electron chi connectivity index (χ0n) is 14.8. The van der Waals surface area contributed by atoms with Crippen LogP contribution in [0.2, 0.25) is 0 Å². The lowest BCUT2D eigenvalue weighted by Crippen LogP contribution is -2.18. The van der Waals surface area contributed by atoms with Crippen LogP contribution in [0.15, 0.2) is 42.5 Å². The molecule has 130 valence electrons. The monoisotopic (exact) mass is 334 g/mol. The summed E-state index contributed by atoms with van der Waals surface area (Å²) in [5.41, 5.74) is 6.20. The number of carbonyl (C=O) groups is 1. The van der Waals surface area contributed by atoms with E-state index < -0.39 is 0 Å². The fraction of sp³-hybridized carbons (Fsp3) is 0.409. The maximum atomic E-state index is 12.3. The number of hydrogen-bond donors (Lipinski definition) is 1. The van der Waals surface area contributed by atoms with Crippen molar-refractivity contribution in [2.75, 3.05) is 18.4 Å². The summed E-state index contributed by atoms with van der Waals surface area (Å²) in [7, 11) is 0. The van der Waals surface area contributed by atoms with Crippen LogP contribution < -0.4 is 5.32 Å². The molecule has 3 heteroatoms. The fourth-order valence-corrected chi connectivity index (χ4v) is 4.02. The summed E-state index contributed by atoms with van der Waals surface area (Å²) in [6, 6.07) is 14.8. The number of anilines is 1. The smallest absolute Gasteiger partial charge is 0.228 e. The molecular weight excluding hydrogens is 308 g/mol. The van der Waals surface area contributed by atoms with Gasteiger partial charge in [-0.1, -0.05) is 30.3 Å². The highest BCUT2D eigenvalue weighted by atomic mass is 16.1. The summed E-state index contributed by atoms with van der Waals surface area (Å²) in [6.07, 6.45) is 6.67. The van der Waals surface area contributed by atoms with E-state index >= 15 is 0 Å². The minimum absolute atomic E-state index is 0.0604. The first kappa shape index (κ1) is 16.3. The SMILES string of the molecule is O=C(Cc1ccc2c(c1)CCC2)Nc1ccc(CN2CCCC2)cc1. The van der Waals surface area contributed by atoms with Crippen LogP contribution in [0, 0.1) is 0 Å². The van der Waals surface area contributed by atoms with Gasteiger partial charge in [0.1, 0.15) is 0 Å². The summed E-state index contributed by atoms with van der Waals surface area (Å²) >= 11 is 0. The van der Waals surface area contributed by atoms with Gasteiger partial charge in [0.05, 0.1) is 6.42 Å². The van der Waals surface area contributed by atoms with E-state index in [1.165, 1.54) is 55.5 Å². The third kappa shape index (κ3) is 4.10. The zero-order valence-corrected chi connectivity index (χ0v) is 14.8. The van der Waals surface area contributed by atoms with Crippen LogP contribution >= 0.6 is 0 Å². The molecule has 0 radical (unpaired) electrons.